The number of carbonyl (C=O) groups excluding carboxylic acids is 2. The zero-order chi connectivity index (χ0) is 30.6. The molecule has 2 heterocycles. The first-order valence-electron chi connectivity index (χ1n) is 12.4. The van der Waals surface area contributed by atoms with Gasteiger partial charge in [-0.3, -0.25) is 23.9 Å². The van der Waals surface area contributed by atoms with Crippen LogP contribution in [0.1, 0.15) is 53.3 Å². The molecule has 40 heavy (non-hydrogen) atoms. The number of ether oxygens (including phenoxy) is 2. The standard InChI is InChI=1S/C23H36ClFN3O9PS2/c1-12(2)36-18(31)14(4)27-38(39,34-8-9-40-20(32)22(5,6)7)35-11-15-16(29)23(24,25)19(37-15)28-10-13(3)17(30)26-21(28)33/h10,12,14-16,19,29H,8-9,11H2,1-7H3,(H,27,39)(H,26,30,33)/t14?,15-,16-,19-,23+,38?/m1/s1. The summed E-state index contributed by atoms with van der Waals surface area (Å²) in [4.78, 5) is 50.6. The number of hydrogen-bond donors (Lipinski definition) is 3. The van der Waals surface area contributed by atoms with Crippen molar-refractivity contribution in [2.45, 2.75) is 84.2 Å². The molecule has 0 spiro atoms. The Morgan fingerprint density at radius 3 is 2.55 bits per heavy atom. The Morgan fingerprint density at radius 2 is 1.98 bits per heavy atom. The van der Waals surface area contributed by atoms with Gasteiger partial charge in [0.05, 0.1) is 19.3 Å². The quantitative estimate of drug-likeness (QED) is 0.132. The lowest BCUT2D eigenvalue weighted by Gasteiger charge is -2.28. The Hall–Kier alpha value is -1.16. The van der Waals surface area contributed by atoms with Gasteiger partial charge >= 0.3 is 11.7 Å². The number of carbonyl (C=O) groups is 2. The van der Waals surface area contributed by atoms with Gasteiger partial charge in [-0.1, -0.05) is 44.1 Å². The molecule has 1 aliphatic rings. The maximum Gasteiger partial charge on any atom is 0.330 e. The van der Waals surface area contributed by atoms with Crippen LogP contribution >= 0.6 is 30.0 Å². The van der Waals surface area contributed by atoms with Crippen molar-refractivity contribution in [3.05, 3.63) is 32.6 Å². The van der Waals surface area contributed by atoms with Crippen molar-refractivity contribution in [3.63, 3.8) is 0 Å². The van der Waals surface area contributed by atoms with Crippen molar-refractivity contribution in [2.75, 3.05) is 19.0 Å². The third-order valence-corrected chi connectivity index (χ3v) is 9.75. The zero-order valence-electron chi connectivity index (χ0n) is 23.3. The summed E-state index contributed by atoms with van der Waals surface area (Å²) in [5.74, 6) is -0.388. The Labute approximate surface area is 245 Å². The molecule has 228 valence electrons. The number of aliphatic hydroxyl groups is 1. The molecule has 3 N–H and O–H groups in total. The van der Waals surface area contributed by atoms with Gasteiger partial charge in [0.1, 0.15) is 18.2 Å². The fourth-order valence-corrected chi connectivity index (χ4v) is 6.85. The van der Waals surface area contributed by atoms with Gasteiger partial charge in [-0.05, 0) is 39.5 Å². The number of esters is 1. The van der Waals surface area contributed by atoms with Crippen LogP contribution in [-0.2, 0) is 39.9 Å². The van der Waals surface area contributed by atoms with Crippen molar-refractivity contribution in [1.82, 2.24) is 14.6 Å². The third kappa shape index (κ3) is 9.17. The molecule has 1 aliphatic heterocycles. The monoisotopic (exact) mass is 647 g/mol. The molecule has 0 radical (unpaired) electrons. The molecular formula is C23H36ClFN3O9PS2. The second-order valence-electron chi connectivity index (χ2n) is 10.5. The summed E-state index contributed by atoms with van der Waals surface area (Å²) in [5, 5.41) is 10.3. The zero-order valence-corrected chi connectivity index (χ0v) is 26.5. The summed E-state index contributed by atoms with van der Waals surface area (Å²) in [6.45, 7) is 7.49. The number of halogens is 2. The van der Waals surface area contributed by atoms with Gasteiger partial charge in [0, 0.05) is 22.9 Å². The number of aryl methyl sites for hydroxylation is 1. The molecule has 2 unspecified atom stereocenters. The van der Waals surface area contributed by atoms with Crippen LogP contribution in [0.3, 0.4) is 0 Å². The van der Waals surface area contributed by atoms with E-state index in [1.165, 1.54) is 13.8 Å². The molecule has 2 rings (SSSR count). The van der Waals surface area contributed by atoms with Crippen LogP contribution in [0, 0.1) is 12.3 Å². The molecule has 1 aromatic rings. The molecule has 6 atom stereocenters. The number of nitrogens with one attached hydrogen (secondary N) is 2. The number of aromatic amines is 1. The molecule has 0 aromatic carbocycles. The van der Waals surface area contributed by atoms with Crippen LogP contribution in [-0.4, -0.2) is 74.2 Å². The summed E-state index contributed by atoms with van der Waals surface area (Å²) in [7, 11) is 0. The number of rotatable bonds is 12. The predicted octanol–water partition coefficient (Wildman–Crippen LogP) is 2.50. The highest BCUT2D eigenvalue weighted by Crippen LogP contribution is 2.48. The summed E-state index contributed by atoms with van der Waals surface area (Å²) < 4.78 is 38.4. The average Bonchev–Trinajstić information content (AvgIpc) is 3.05. The van der Waals surface area contributed by atoms with Crippen molar-refractivity contribution in [2.24, 2.45) is 5.41 Å². The van der Waals surface area contributed by atoms with Gasteiger partial charge < -0.3 is 23.6 Å². The lowest BCUT2D eigenvalue weighted by atomic mass is 10.00. The second-order valence-corrected chi connectivity index (χ2v) is 15.3. The largest absolute Gasteiger partial charge is 0.462 e. The number of aromatic nitrogens is 2. The first-order chi connectivity index (χ1) is 18.3. The van der Waals surface area contributed by atoms with Gasteiger partial charge in [-0.25, -0.2) is 14.3 Å². The fourth-order valence-electron chi connectivity index (χ4n) is 3.28. The third-order valence-electron chi connectivity index (χ3n) is 5.43. The molecule has 0 saturated carbocycles. The number of H-pyrrole nitrogens is 1. The lowest BCUT2D eigenvalue weighted by molar-refractivity contribution is -0.149. The summed E-state index contributed by atoms with van der Waals surface area (Å²) >= 11 is 12.6. The van der Waals surface area contributed by atoms with Crippen LogP contribution < -0.4 is 16.3 Å². The smallest absolute Gasteiger partial charge is 0.330 e. The van der Waals surface area contributed by atoms with Gasteiger partial charge in [0.2, 0.25) is 0 Å². The van der Waals surface area contributed by atoms with E-state index in [0.29, 0.717) is 0 Å². The summed E-state index contributed by atoms with van der Waals surface area (Å²) in [6.07, 6.45) is -4.55. The summed E-state index contributed by atoms with van der Waals surface area (Å²) in [5.41, 5.74) is -2.14. The van der Waals surface area contributed by atoms with Gasteiger partial charge in [-0.15, -0.1) is 0 Å². The van der Waals surface area contributed by atoms with Crippen LogP contribution in [0.4, 0.5) is 4.39 Å². The average molecular weight is 648 g/mol. The Balaban J connectivity index is 2.19. The van der Waals surface area contributed by atoms with E-state index in [-0.39, 0.29) is 23.0 Å². The predicted molar refractivity (Wildman–Crippen MR) is 153 cm³/mol. The highest BCUT2D eigenvalue weighted by atomic mass is 35.5. The van der Waals surface area contributed by atoms with E-state index in [0.717, 1.165) is 22.5 Å². The molecule has 0 aliphatic carbocycles. The summed E-state index contributed by atoms with van der Waals surface area (Å²) in [6, 6.07) is -0.963. The van der Waals surface area contributed by atoms with Crippen molar-refractivity contribution >= 4 is 52.9 Å². The van der Waals surface area contributed by atoms with Crippen molar-refractivity contribution in [3.8, 4) is 0 Å². The van der Waals surface area contributed by atoms with E-state index in [2.05, 4.69) is 5.09 Å². The van der Waals surface area contributed by atoms with Gasteiger partial charge in [0.25, 0.3) is 17.3 Å². The van der Waals surface area contributed by atoms with Crippen LogP contribution in [0.5, 0.6) is 0 Å². The van der Waals surface area contributed by atoms with E-state index in [1.54, 1.807) is 34.6 Å². The fraction of sp³-hybridized carbons (Fsp3) is 0.739. The van der Waals surface area contributed by atoms with Crippen LogP contribution in [0.2, 0.25) is 0 Å². The van der Waals surface area contributed by atoms with E-state index in [1.807, 2.05) is 4.98 Å². The first kappa shape index (κ1) is 35.0. The highest BCUT2D eigenvalue weighted by Gasteiger charge is 2.58. The number of alkyl halides is 2. The number of aliphatic hydroxyl groups excluding tert-OH is 1. The Kier molecular flexibility index (Phi) is 12.2. The number of thioether (sulfide) groups is 1. The molecular weight excluding hydrogens is 612 g/mol. The minimum Gasteiger partial charge on any atom is -0.462 e. The number of nitrogens with zero attached hydrogens (tertiary/aromatic N) is 1. The SMILES string of the molecule is Cc1cn([C@@H]2O[C@H](COP(=S)(NC(C)C(=O)OC(C)C)OCCSC(=O)C(C)(C)C)[C@@H](O)[C@@]2(F)Cl)c(=O)[nH]c1=O. The molecule has 1 fully saturated rings. The van der Waals surface area contributed by atoms with E-state index < -0.39 is 71.6 Å². The molecule has 0 amide bonds. The highest BCUT2D eigenvalue weighted by molar-refractivity contribution is 8.13. The Bertz CT molecular complexity index is 1240. The normalized spacial score (nSPS) is 25.5. The van der Waals surface area contributed by atoms with Crippen molar-refractivity contribution < 1.29 is 37.6 Å². The topological polar surface area (TPSA) is 158 Å². The maximum atomic E-state index is 15.4. The minimum atomic E-state index is -3.52. The minimum absolute atomic E-state index is 0.0337. The van der Waals surface area contributed by atoms with Crippen LogP contribution in [0.25, 0.3) is 0 Å². The molecule has 17 heteroatoms. The van der Waals surface area contributed by atoms with Crippen LogP contribution in [0.15, 0.2) is 15.8 Å². The van der Waals surface area contributed by atoms with E-state index in [4.69, 9.17) is 41.9 Å². The lowest BCUT2D eigenvalue weighted by Crippen LogP contribution is -2.42. The van der Waals surface area contributed by atoms with E-state index >= 15 is 4.39 Å². The van der Waals surface area contributed by atoms with Gasteiger partial charge in [-0.2, -0.15) is 0 Å². The Morgan fingerprint density at radius 1 is 1.35 bits per heavy atom. The van der Waals surface area contributed by atoms with E-state index in [9.17, 15) is 24.3 Å². The molecule has 12 nitrogen and oxygen atoms in total. The van der Waals surface area contributed by atoms with Gasteiger partial charge in [0.15, 0.2) is 11.3 Å². The maximum absolute atomic E-state index is 15.4. The number of hydrogen-bond acceptors (Lipinski definition) is 11. The second kappa shape index (κ2) is 13.9. The molecule has 0 bridgehead atoms. The first-order valence-corrected chi connectivity index (χ1v) is 16.4. The molecule has 1 aromatic heterocycles. The van der Waals surface area contributed by atoms with Crippen molar-refractivity contribution in [1.29, 1.82) is 0 Å². The molecule has 1 saturated heterocycles.